The molecule has 2 N–H and O–H groups in total. The standard InChI is InChI=1S/C16H27N3/c1-18(12-10-17)14-16-9-5-6-11-19(16)13-15-7-3-2-4-8-15/h2-4,7-8,16H,5-6,9-14,17H2,1H3/t16-/m0/s1. The van der Waals surface area contributed by atoms with Crippen LogP contribution >= 0.6 is 0 Å². The summed E-state index contributed by atoms with van der Waals surface area (Å²) in [5.41, 5.74) is 7.06. The SMILES string of the molecule is CN(CCN)C[C@@H]1CCCCN1Cc1ccccc1. The number of hydrogen-bond donors (Lipinski definition) is 1. The van der Waals surface area contributed by atoms with Gasteiger partial charge in [0.25, 0.3) is 0 Å². The predicted octanol–water partition coefficient (Wildman–Crippen LogP) is 1.93. The highest BCUT2D eigenvalue weighted by molar-refractivity contribution is 5.14. The van der Waals surface area contributed by atoms with Gasteiger partial charge in [-0.25, -0.2) is 0 Å². The third-order valence-corrected chi connectivity index (χ3v) is 4.01. The summed E-state index contributed by atoms with van der Waals surface area (Å²) in [5, 5.41) is 0. The van der Waals surface area contributed by atoms with Gasteiger partial charge < -0.3 is 10.6 Å². The molecule has 1 aromatic carbocycles. The summed E-state index contributed by atoms with van der Waals surface area (Å²) in [6.45, 7) is 5.21. The van der Waals surface area contributed by atoms with E-state index in [0.29, 0.717) is 6.04 Å². The topological polar surface area (TPSA) is 32.5 Å². The lowest BCUT2D eigenvalue weighted by Crippen LogP contribution is -2.46. The molecule has 19 heavy (non-hydrogen) atoms. The fourth-order valence-electron chi connectivity index (χ4n) is 2.96. The second-order valence-electron chi connectivity index (χ2n) is 5.66. The average molecular weight is 261 g/mol. The number of rotatable bonds is 6. The molecule has 0 saturated carbocycles. The first-order chi connectivity index (χ1) is 9.29. The van der Waals surface area contributed by atoms with Gasteiger partial charge in [0.1, 0.15) is 0 Å². The molecule has 1 fully saturated rings. The zero-order valence-corrected chi connectivity index (χ0v) is 12.1. The lowest BCUT2D eigenvalue weighted by Gasteiger charge is -2.38. The third-order valence-electron chi connectivity index (χ3n) is 4.01. The van der Waals surface area contributed by atoms with Crippen LogP contribution in [0.15, 0.2) is 30.3 Å². The maximum Gasteiger partial charge on any atom is 0.0237 e. The van der Waals surface area contributed by atoms with Crippen LogP contribution in [0.4, 0.5) is 0 Å². The summed E-state index contributed by atoms with van der Waals surface area (Å²) in [4.78, 5) is 5.01. The minimum atomic E-state index is 0.686. The number of piperidine rings is 1. The highest BCUT2D eigenvalue weighted by Gasteiger charge is 2.23. The zero-order valence-electron chi connectivity index (χ0n) is 12.1. The van der Waals surface area contributed by atoms with Gasteiger partial charge in [0, 0.05) is 32.2 Å². The van der Waals surface area contributed by atoms with E-state index in [2.05, 4.69) is 47.2 Å². The van der Waals surface area contributed by atoms with Crippen molar-refractivity contribution in [1.82, 2.24) is 9.80 Å². The van der Waals surface area contributed by atoms with Gasteiger partial charge >= 0.3 is 0 Å². The van der Waals surface area contributed by atoms with E-state index < -0.39 is 0 Å². The maximum absolute atomic E-state index is 5.64. The first kappa shape index (κ1) is 14.5. The molecular formula is C16H27N3. The molecule has 1 aliphatic heterocycles. The van der Waals surface area contributed by atoms with Crippen LogP contribution in [-0.4, -0.2) is 49.1 Å². The summed E-state index contributed by atoms with van der Waals surface area (Å²) in [7, 11) is 2.18. The van der Waals surface area contributed by atoms with Gasteiger partial charge in [-0.15, -0.1) is 0 Å². The van der Waals surface area contributed by atoms with E-state index in [4.69, 9.17) is 5.73 Å². The molecule has 3 nitrogen and oxygen atoms in total. The molecule has 0 spiro atoms. The van der Waals surface area contributed by atoms with E-state index in [1.54, 1.807) is 0 Å². The molecule has 1 aliphatic rings. The molecule has 2 rings (SSSR count). The van der Waals surface area contributed by atoms with Crippen molar-refractivity contribution >= 4 is 0 Å². The van der Waals surface area contributed by atoms with Crippen molar-refractivity contribution < 1.29 is 0 Å². The van der Waals surface area contributed by atoms with Crippen LogP contribution in [0.1, 0.15) is 24.8 Å². The number of hydrogen-bond acceptors (Lipinski definition) is 3. The fourth-order valence-corrected chi connectivity index (χ4v) is 2.96. The van der Waals surface area contributed by atoms with Crippen molar-refractivity contribution in [2.24, 2.45) is 5.73 Å². The maximum atomic E-state index is 5.64. The quantitative estimate of drug-likeness (QED) is 0.849. The monoisotopic (exact) mass is 261 g/mol. The Morgan fingerprint density at radius 1 is 1.26 bits per heavy atom. The lowest BCUT2D eigenvalue weighted by atomic mass is 10.0. The minimum Gasteiger partial charge on any atom is -0.329 e. The summed E-state index contributed by atoms with van der Waals surface area (Å²) >= 11 is 0. The van der Waals surface area contributed by atoms with Gasteiger partial charge in [-0.3, -0.25) is 4.90 Å². The smallest absolute Gasteiger partial charge is 0.0237 e. The number of likely N-dealkylation sites (tertiary alicyclic amines) is 1. The Morgan fingerprint density at radius 2 is 2.05 bits per heavy atom. The van der Waals surface area contributed by atoms with E-state index in [1.807, 2.05) is 0 Å². The molecule has 0 bridgehead atoms. The van der Waals surface area contributed by atoms with Crippen molar-refractivity contribution in [2.75, 3.05) is 33.2 Å². The van der Waals surface area contributed by atoms with Crippen LogP contribution in [0, 0.1) is 0 Å². The van der Waals surface area contributed by atoms with E-state index >= 15 is 0 Å². The van der Waals surface area contributed by atoms with Crippen molar-refractivity contribution in [3.05, 3.63) is 35.9 Å². The van der Waals surface area contributed by atoms with E-state index in [9.17, 15) is 0 Å². The Bertz CT molecular complexity index is 352. The van der Waals surface area contributed by atoms with Gasteiger partial charge in [-0.1, -0.05) is 36.8 Å². The highest BCUT2D eigenvalue weighted by Crippen LogP contribution is 2.20. The molecule has 0 aromatic heterocycles. The van der Waals surface area contributed by atoms with Gasteiger partial charge in [-0.2, -0.15) is 0 Å². The molecule has 1 aromatic rings. The summed E-state index contributed by atoms with van der Waals surface area (Å²) in [5.74, 6) is 0. The molecule has 1 atom stereocenters. The normalized spacial score (nSPS) is 20.9. The van der Waals surface area contributed by atoms with Crippen molar-refractivity contribution in [3.8, 4) is 0 Å². The Labute approximate surface area is 117 Å². The summed E-state index contributed by atoms with van der Waals surface area (Å²) in [6.07, 6.45) is 4.03. The third kappa shape index (κ3) is 4.60. The molecule has 0 unspecified atom stereocenters. The van der Waals surface area contributed by atoms with Gasteiger partial charge in [-0.05, 0) is 32.0 Å². The highest BCUT2D eigenvalue weighted by atomic mass is 15.2. The molecule has 0 amide bonds. The molecule has 1 saturated heterocycles. The first-order valence-corrected chi connectivity index (χ1v) is 7.46. The van der Waals surface area contributed by atoms with Crippen LogP contribution in [-0.2, 0) is 6.54 Å². The average Bonchev–Trinajstić information content (AvgIpc) is 2.42. The van der Waals surface area contributed by atoms with Crippen molar-refractivity contribution in [1.29, 1.82) is 0 Å². The second-order valence-corrected chi connectivity index (χ2v) is 5.66. The molecular weight excluding hydrogens is 234 g/mol. The van der Waals surface area contributed by atoms with Crippen LogP contribution < -0.4 is 5.73 Å². The Kier molecular flexibility index (Phi) is 5.83. The molecule has 106 valence electrons. The van der Waals surface area contributed by atoms with Crippen LogP contribution in [0.3, 0.4) is 0 Å². The number of nitrogens with zero attached hydrogens (tertiary/aromatic N) is 2. The summed E-state index contributed by atoms with van der Waals surface area (Å²) < 4.78 is 0. The molecule has 3 heteroatoms. The number of benzene rings is 1. The van der Waals surface area contributed by atoms with Crippen LogP contribution in [0.2, 0.25) is 0 Å². The Morgan fingerprint density at radius 3 is 2.79 bits per heavy atom. The largest absolute Gasteiger partial charge is 0.329 e. The molecule has 1 heterocycles. The number of nitrogens with two attached hydrogens (primary N) is 1. The molecule has 0 radical (unpaired) electrons. The molecule has 0 aliphatic carbocycles. The van der Waals surface area contributed by atoms with Gasteiger partial charge in [0.05, 0.1) is 0 Å². The number of likely N-dealkylation sites (N-methyl/N-ethyl adjacent to an activating group) is 1. The summed E-state index contributed by atoms with van der Waals surface area (Å²) in [6, 6.07) is 11.5. The van der Waals surface area contributed by atoms with Crippen LogP contribution in [0.5, 0.6) is 0 Å². The van der Waals surface area contributed by atoms with Crippen molar-refractivity contribution in [3.63, 3.8) is 0 Å². The van der Waals surface area contributed by atoms with Crippen molar-refractivity contribution in [2.45, 2.75) is 31.8 Å². The Balaban J connectivity index is 1.92. The zero-order chi connectivity index (χ0) is 13.5. The predicted molar refractivity (Wildman–Crippen MR) is 81.0 cm³/mol. The minimum absolute atomic E-state index is 0.686. The van der Waals surface area contributed by atoms with Crippen LogP contribution in [0.25, 0.3) is 0 Å². The van der Waals surface area contributed by atoms with Gasteiger partial charge in [0.2, 0.25) is 0 Å². The second kappa shape index (κ2) is 7.63. The first-order valence-electron chi connectivity index (χ1n) is 7.46. The van der Waals surface area contributed by atoms with E-state index in [-0.39, 0.29) is 0 Å². The fraction of sp³-hybridized carbons (Fsp3) is 0.625. The van der Waals surface area contributed by atoms with E-state index in [1.165, 1.54) is 31.4 Å². The van der Waals surface area contributed by atoms with Gasteiger partial charge in [0.15, 0.2) is 0 Å². The van der Waals surface area contributed by atoms with E-state index in [0.717, 1.165) is 26.2 Å². The lowest BCUT2D eigenvalue weighted by molar-refractivity contribution is 0.108. The Hall–Kier alpha value is -0.900.